The van der Waals surface area contributed by atoms with Crippen LogP contribution in [0.5, 0.6) is 5.75 Å². The van der Waals surface area contributed by atoms with Crippen LogP contribution in [-0.2, 0) is 9.47 Å². The number of nitrogens with zero attached hydrogens (tertiary/aromatic N) is 2. The summed E-state index contributed by atoms with van der Waals surface area (Å²) in [4.78, 5) is 27.3. The Morgan fingerprint density at radius 3 is 2.38 bits per heavy atom. The van der Waals surface area contributed by atoms with Crippen molar-refractivity contribution in [1.82, 2.24) is 15.1 Å². The summed E-state index contributed by atoms with van der Waals surface area (Å²) in [6.45, 7) is 12.6. The monoisotopic (exact) mass is 560 g/mol. The molecule has 0 aliphatic rings. The van der Waals surface area contributed by atoms with E-state index in [0.29, 0.717) is 38.5 Å². The maximum absolute atomic E-state index is 13.0. The van der Waals surface area contributed by atoms with Crippen LogP contribution in [0.3, 0.4) is 0 Å². The predicted octanol–water partition coefficient (Wildman–Crippen LogP) is 5.41. The van der Waals surface area contributed by atoms with Gasteiger partial charge in [0.25, 0.3) is 0 Å². The minimum absolute atomic E-state index is 0.0530. The van der Waals surface area contributed by atoms with E-state index in [9.17, 15) is 14.7 Å². The van der Waals surface area contributed by atoms with Crippen molar-refractivity contribution in [2.45, 2.75) is 65.8 Å². The van der Waals surface area contributed by atoms with Crippen LogP contribution in [-0.4, -0.2) is 63.2 Å². The largest absolute Gasteiger partial charge is 0.492 e. The van der Waals surface area contributed by atoms with Crippen LogP contribution in [0.2, 0.25) is 5.02 Å². The fourth-order valence-electron chi connectivity index (χ4n) is 3.80. The lowest BCUT2D eigenvalue weighted by Gasteiger charge is -2.29. The third-order valence-electron chi connectivity index (χ3n) is 5.51. The van der Waals surface area contributed by atoms with E-state index in [-0.39, 0.29) is 19.7 Å². The highest BCUT2D eigenvalue weighted by molar-refractivity contribution is 6.33. The number of rotatable bonds is 8. The molecule has 3 rings (SSSR count). The number of hydrogen-bond donors (Lipinski definition) is 3. The second-order valence-corrected chi connectivity index (χ2v) is 11.7. The summed E-state index contributed by atoms with van der Waals surface area (Å²) in [6.07, 6.45) is -1.65. The number of hydrogen-bond acceptors (Lipinski definition) is 8. The Bertz CT molecular complexity index is 1340. The number of nitrogens with one attached hydrogen (secondary N) is 1. The number of nitrogen functional groups attached to an aromatic ring is 1. The second kappa shape index (κ2) is 11.7. The Labute approximate surface area is 233 Å². The van der Waals surface area contributed by atoms with E-state index in [2.05, 4.69) is 10.2 Å². The van der Waals surface area contributed by atoms with Gasteiger partial charge in [0.05, 0.1) is 41.0 Å². The van der Waals surface area contributed by atoms with Crippen LogP contribution >= 0.6 is 11.6 Å². The number of aryl methyl sites for hydroxylation is 1. The number of nitrogens with two attached hydrogens (primary N) is 1. The molecule has 4 N–H and O–H groups in total. The highest BCUT2D eigenvalue weighted by atomic mass is 35.5. The van der Waals surface area contributed by atoms with Crippen molar-refractivity contribution in [3.05, 3.63) is 52.2 Å². The first-order chi connectivity index (χ1) is 18.0. The van der Waals surface area contributed by atoms with Crippen LogP contribution in [0.4, 0.5) is 10.5 Å². The topological polar surface area (TPSA) is 140 Å². The van der Waals surface area contributed by atoms with Gasteiger partial charge >= 0.3 is 12.1 Å². The molecule has 1 aromatic heterocycles. The molecule has 0 saturated carbocycles. The van der Waals surface area contributed by atoms with Gasteiger partial charge in [-0.2, -0.15) is 5.10 Å². The van der Waals surface area contributed by atoms with E-state index in [4.69, 9.17) is 31.5 Å². The summed E-state index contributed by atoms with van der Waals surface area (Å²) in [6, 6.07) is 8.10. The average Bonchev–Trinajstić information content (AvgIpc) is 3.17. The van der Waals surface area contributed by atoms with E-state index in [1.165, 1.54) is 4.90 Å². The van der Waals surface area contributed by atoms with E-state index in [1.807, 2.05) is 6.92 Å². The van der Waals surface area contributed by atoms with Gasteiger partial charge in [-0.3, -0.25) is 5.10 Å². The Morgan fingerprint density at radius 2 is 1.77 bits per heavy atom. The quantitative estimate of drug-likeness (QED) is 0.245. The molecule has 0 bridgehead atoms. The van der Waals surface area contributed by atoms with Crippen molar-refractivity contribution in [3.63, 3.8) is 0 Å². The molecule has 0 unspecified atom stereocenters. The zero-order valence-electron chi connectivity index (χ0n) is 23.4. The van der Waals surface area contributed by atoms with Crippen molar-refractivity contribution in [1.29, 1.82) is 0 Å². The number of carbonyl (C=O) groups is 2. The van der Waals surface area contributed by atoms with Gasteiger partial charge in [0.1, 0.15) is 23.6 Å². The fourth-order valence-corrected chi connectivity index (χ4v) is 3.92. The first kappa shape index (κ1) is 30.0. The molecule has 3 aromatic rings. The number of benzene rings is 2. The number of halogens is 1. The molecule has 1 heterocycles. The number of aromatic nitrogens is 2. The van der Waals surface area contributed by atoms with E-state index < -0.39 is 29.4 Å². The fraction of sp³-hybridized carbons (Fsp3) is 0.464. The Morgan fingerprint density at radius 1 is 1.10 bits per heavy atom. The van der Waals surface area contributed by atoms with Crippen molar-refractivity contribution >= 4 is 40.3 Å². The summed E-state index contributed by atoms with van der Waals surface area (Å²) < 4.78 is 17.1. The normalized spacial score (nSPS) is 12.7. The van der Waals surface area contributed by atoms with Gasteiger partial charge in [0, 0.05) is 17.1 Å². The summed E-state index contributed by atoms with van der Waals surface area (Å²) in [7, 11) is 0. The van der Waals surface area contributed by atoms with Crippen LogP contribution < -0.4 is 10.5 Å². The van der Waals surface area contributed by atoms with Crippen molar-refractivity contribution in [2.75, 3.05) is 25.4 Å². The standard InChI is InChI=1S/C28H37ClN4O6/c1-16-24-19(25(35)38-27(2,3)4)13-18(14-22(24)32-31-16)37-11-10-33(26(36)39-28(5,6)7)15-23(34)17-8-9-20(29)21(30)12-17/h8-9,12-14,23,34H,10-11,15,30H2,1-7H3,(H,31,32)/t23-/m0/s1. The second-order valence-electron chi connectivity index (χ2n) is 11.3. The molecule has 11 heteroatoms. The molecule has 39 heavy (non-hydrogen) atoms. The Balaban J connectivity index is 1.79. The number of H-pyrrole nitrogens is 1. The zero-order chi connectivity index (χ0) is 29.1. The maximum Gasteiger partial charge on any atom is 0.410 e. The summed E-state index contributed by atoms with van der Waals surface area (Å²) in [5, 5.41) is 19.0. The number of amides is 1. The smallest absolute Gasteiger partial charge is 0.410 e. The van der Waals surface area contributed by atoms with Gasteiger partial charge in [-0.15, -0.1) is 0 Å². The van der Waals surface area contributed by atoms with Crippen molar-refractivity contribution < 1.29 is 28.9 Å². The maximum atomic E-state index is 13.0. The first-order valence-electron chi connectivity index (χ1n) is 12.6. The number of ether oxygens (including phenoxy) is 3. The van der Waals surface area contributed by atoms with Gasteiger partial charge in [-0.1, -0.05) is 17.7 Å². The highest BCUT2D eigenvalue weighted by Crippen LogP contribution is 2.29. The van der Waals surface area contributed by atoms with Crippen molar-refractivity contribution in [2.24, 2.45) is 0 Å². The lowest BCUT2D eigenvalue weighted by Crippen LogP contribution is -2.41. The minimum atomic E-state index is -1.04. The molecule has 0 fully saturated rings. The highest BCUT2D eigenvalue weighted by Gasteiger charge is 2.26. The summed E-state index contributed by atoms with van der Waals surface area (Å²) in [5.74, 6) is -0.117. The lowest BCUT2D eigenvalue weighted by molar-refractivity contribution is 0.00708. The van der Waals surface area contributed by atoms with Crippen LogP contribution in [0, 0.1) is 6.92 Å². The van der Waals surface area contributed by atoms with E-state index in [1.54, 1.807) is 71.9 Å². The number of carbonyl (C=O) groups excluding carboxylic acids is 2. The Hall–Kier alpha value is -3.50. The average molecular weight is 561 g/mol. The van der Waals surface area contributed by atoms with Gasteiger partial charge in [0.2, 0.25) is 0 Å². The molecule has 2 aromatic carbocycles. The van der Waals surface area contributed by atoms with Crippen molar-refractivity contribution in [3.8, 4) is 5.75 Å². The number of aliphatic hydroxyl groups excluding tert-OH is 1. The Kier molecular flexibility index (Phi) is 9.02. The molecule has 0 aliphatic heterocycles. The molecule has 212 valence electrons. The van der Waals surface area contributed by atoms with Gasteiger partial charge in [-0.25, -0.2) is 9.59 Å². The number of aromatic amines is 1. The number of fused-ring (bicyclic) bond motifs is 1. The number of aliphatic hydroxyl groups is 1. The lowest BCUT2D eigenvalue weighted by atomic mass is 10.1. The molecular formula is C28H37ClN4O6. The molecular weight excluding hydrogens is 524 g/mol. The molecule has 0 aliphatic carbocycles. The summed E-state index contributed by atoms with van der Waals surface area (Å²) >= 11 is 6.00. The van der Waals surface area contributed by atoms with Crippen LogP contribution in [0.25, 0.3) is 10.9 Å². The number of anilines is 1. The van der Waals surface area contributed by atoms with Gasteiger partial charge in [-0.05, 0) is 72.2 Å². The molecule has 10 nitrogen and oxygen atoms in total. The van der Waals surface area contributed by atoms with Gasteiger partial charge in [0.15, 0.2) is 0 Å². The summed E-state index contributed by atoms with van der Waals surface area (Å²) in [5.41, 5.74) is 6.89. The van der Waals surface area contributed by atoms with Gasteiger partial charge < -0.3 is 30.0 Å². The SMILES string of the molecule is Cc1[nH]nc2cc(OCCN(C[C@H](O)c3ccc(Cl)c(N)c3)C(=O)OC(C)(C)C)cc(C(=O)OC(C)(C)C)c12. The minimum Gasteiger partial charge on any atom is -0.492 e. The van der Waals surface area contributed by atoms with Crippen LogP contribution in [0.15, 0.2) is 30.3 Å². The van der Waals surface area contributed by atoms with E-state index >= 15 is 0 Å². The van der Waals surface area contributed by atoms with E-state index in [0.717, 1.165) is 5.69 Å². The predicted molar refractivity (Wildman–Crippen MR) is 150 cm³/mol. The third kappa shape index (κ3) is 8.24. The zero-order valence-corrected chi connectivity index (χ0v) is 24.2. The molecule has 0 saturated heterocycles. The molecule has 0 radical (unpaired) electrons. The number of esters is 1. The van der Waals surface area contributed by atoms with Crippen LogP contribution in [0.1, 0.15) is 69.3 Å². The molecule has 1 amide bonds. The molecule has 1 atom stereocenters. The third-order valence-corrected chi connectivity index (χ3v) is 5.85. The first-order valence-corrected chi connectivity index (χ1v) is 13.0. The molecule has 0 spiro atoms.